The lowest BCUT2D eigenvalue weighted by molar-refractivity contribution is -0.141. The first-order valence-corrected chi connectivity index (χ1v) is 5.85. The van der Waals surface area contributed by atoms with Gasteiger partial charge in [-0.15, -0.1) is 0 Å². The molecule has 0 atom stereocenters. The van der Waals surface area contributed by atoms with Gasteiger partial charge in [0.25, 0.3) is 17.7 Å². The minimum absolute atomic E-state index is 0.0345. The second-order valence-electron chi connectivity index (χ2n) is 3.99. The van der Waals surface area contributed by atoms with Crippen molar-refractivity contribution < 1.29 is 19.2 Å². The van der Waals surface area contributed by atoms with Crippen LogP contribution in [-0.2, 0) is 14.4 Å². The number of allylic oxidation sites excluding steroid dienone is 2. The van der Waals surface area contributed by atoms with Crippen molar-refractivity contribution in [2.45, 2.75) is 6.04 Å². The fourth-order valence-electron chi connectivity index (χ4n) is 1.88. The van der Waals surface area contributed by atoms with E-state index in [1.165, 1.54) is 12.2 Å². The summed E-state index contributed by atoms with van der Waals surface area (Å²) in [6.45, 7) is 7.11. The maximum Gasteiger partial charge on any atom is 0.328 e. The van der Waals surface area contributed by atoms with Crippen molar-refractivity contribution in [1.29, 1.82) is 0 Å². The average Bonchev–Trinajstić information content (AvgIpc) is 2.55. The lowest BCUT2D eigenvalue weighted by Crippen LogP contribution is -2.65. The molecule has 5 amide bonds. The third-order valence-corrected chi connectivity index (χ3v) is 3.21. The molecule has 0 aliphatic carbocycles. The third-order valence-electron chi connectivity index (χ3n) is 2.76. The standard InChI is InChI=1S/C12H9N3O4S/c1-3-4-6-5(2)11(20)15(10(6)18)7-8(16)13-12(19)14-9(7)17/h3-4,7H,1-2H2,(H2,13,14,16,17,19)/b6-4+. The number of rotatable bonds is 2. The number of nitrogens with one attached hydrogen (secondary N) is 2. The van der Waals surface area contributed by atoms with Crippen LogP contribution >= 0.6 is 12.2 Å². The summed E-state index contributed by atoms with van der Waals surface area (Å²) in [5.41, 5.74) is 0.380. The Morgan fingerprint density at radius 3 is 2.20 bits per heavy atom. The Hall–Kier alpha value is -2.61. The molecule has 0 unspecified atom stereocenters. The molecule has 2 saturated heterocycles. The minimum Gasteiger partial charge on any atom is -0.277 e. The molecule has 2 fully saturated rings. The zero-order valence-corrected chi connectivity index (χ0v) is 11.0. The summed E-state index contributed by atoms with van der Waals surface area (Å²) in [5, 5.41) is 3.81. The Kier molecular flexibility index (Phi) is 3.33. The summed E-state index contributed by atoms with van der Waals surface area (Å²) in [6.07, 6.45) is 2.76. The molecule has 8 heteroatoms. The van der Waals surface area contributed by atoms with Gasteiger partial charge < -0.3 is 0 Å². The van der Waals surface area contributed by atoms with E-state index in [0.717, 1.165) is 4.90 Å². The normalized spacial score (nSPS) is 22.4. The molecule has 2 aliphatic heterocycles. The molecule has 0 bridgehead atoms. The first kappa shape index (κ1) is 13.8. The number of hydrogen-bond donors (Lipinski definition) is 2. The van der Waals surface area contributed by atoms with E-state index >= 15 is 0 Å². The lowest BCUT2D eigenvalue weighted by atomic mass is 10.1. The SMILES string of the molecule is C=C/C=C1\C(=C)C(=S)N(C2C(=O)NC(=O)NC2=O)C1=O. The summed E-state index contributed by atoms with van der Waals surface area (Å²) in [5.74, 6) is -2.46. The molecule has 7 nitrogen and oxygen atoms in total. The van der Waals surface area contributed by atoms with Crippen LogP contribution in [0.1, 0.15) is 0 Å². The number of thiocarbonyl (C=S) groups is 1. The Balaban J connectivity index is 2.43. The van der Waals surface area contributed by atoms with Gasteiger partial charge in [-0.2, -0.15) is 0 Å². The smallest absolute Gasteiger partial charge is 0.277 e. The maximum absolute atomic E-state index is 12.2. The van der Waals surface area contributed by atoms with Gasteiger partial charge in [-0.25, -0.2) is 4.79 Å². The van der Waals surface area contributed by atoms with Gasteiger partial charge in [0.15, 0.2) is 6.04 Å². The minimum atomic E-state index is -1.53. The van der Waals surface area contributed by atoms with E-state index in [0.29, 0.717) is 0 Å². The predicted octanol–water partition coefficient (Wildman–Crippen LogP) is -0.441. The average molecular weight is 291 g/mol. The van der Waals surface area contributed by atoms with Gasteiger partial charge in [-0.05, 0) is 6.08 Å². The van der Waals surface area contributed by atoms with Crippen LogP contribution in [0.5, 0.6) is 0 Å². The van der Waals surface area contributed by atoms with Crippen LogP contribution in [0.25, 0.3) is 0 Å². The van der Waals surface area contributed by atoms with Crippen LogP contribution in [0.4, 0.5) is 4.79 Å². The highest BCUT2D eigenvalue weighted by molar-refractivity contribution is 7.80. The molecule has 0 saturated carbocycles. The number of barbiturate groups is 1. The molecule has 2 heterocycles. The quantitative estimate of drug-likeness (QED) is 0.408. The number of likely N-dealkylation sites (tertiary alicyclic amines) is 1. The number of nitrogens with zero attached hydrogens (tertiary/aromatic N) is 1. The summed E-state index contributed by atoms with van der Waals surface area (Å²) in [4.78, 5) is 47.5. The molecule has 0 aromatic carbocycles. The first-order valence-electron chi connectivity index (χ1n) is 5.44. The Morgan fingerprint density at radius 2 is 1.70 bits per heavy atom. The van der Waals surface area contributed by atoms with Crippen LogP contribution in [0.15, 0.2) is 36.5 Å². The van der Waals surface area contributed by atoms with E-state index in [9.17, 15) is 19.2 Å². The van der Waals surface area contributed by atoms with Crippen LogP contribution in [0.2, 0.25) is 0 Å². The van der Waals surface area contributed by atoms with Crippen LogP contribution < -0.4 is 10.6 Å². The van der Waals surface area contributed by atoms with Gasteiger partial charge in [-0.1, -0.05) is 31.5 Å². The third kappa shape index (κ3) is 1.95. The number of amides is 5. The van der Waals surface area contributed by atoms with Crippen molar-refractivity contribution >= 4 is 41.0 Å². The van der Waals surface area contributed by atoms with Crippen molar-refractivity contribution in [1.82, 2.24) is 15.5 Å². The monoisotopic (exact) mass is 291 g/mol. The summed E-state index contributed by atoms with van der Waals surface area (Å²) < 4.78 is 0. The van der Waals surface area contributed by atoms with E-state index in [1.54, 1.807) is 0 Å². The molecule has 20 heavy (non-hydrogen) atoms. The van der Waals surface area contributed by atoms with E-state index in [4.69, 9.17) is 12.2 Å². The van der Waals surface area contributed by atoms with Crippen LogP contribution in [0, 0.1) is 0 Å². The highest BCUT2D eigenvalue weighted by Gasteiger charge is 2.47. The number of imide groups is 2. The largest absolute Gasteiger partial charge is 0.328 e. The highest BCUT2D eigenvalue weighted by Crippen LogP contribution is 2.27. The number of urea groups is 1. The van der Waals surface area contributed by atoms with Gasteiger partial charge in [0.05, 0.1) is 0 Å². The molecule has 2 rings (SSSR count). The van der Waals surface area contributed by atoms with Crippen molar-refractivity contribution in [3.63, 3.8) is 0 Å². The molecule has 2 aliphatic rings. The van der Waals surface area contributed by atoms with Crippen LogP contribution in [0.3, 0.4) is 0 Å². The molecular weight excluding hydrogens is 282 g/mol. The van der Waals surface area contributed by atoms with Crippen LogP contribution in [-0.4, -0.2) is 39.7 Å². The molecule has 0 spiro atoms. The second-order valence-corrected chi connectivity index (χ2v) is 4.37. The van der Waals surface area contributed by atoms with E-state index in [1.807, 2.05) is 10.6 Å². The zero-order chi connectivity index (χ0) is 15.0. The number of hydrogen-bond acceptors (Lipinski definition) is 5. The zero-order valence-electron chi connectivity index (χ0n) is 10.1. The molecule has 102 valence electrons. The number of carbonyl (C=O) groups excluding carboxylic acids is 4. The van der Waals surface area contributed by atoms with Gasteiger partial charge in [0.1, 0.15) is 4.99 Å². The maximum atomic E-state index is 12.2. The van der Waals surface area contributed by atoms with Crippen molar-refractivity contribution in [3.05, 3.63) is 36.5 Å². The summed E-state index contributed by atoms with van der Waals surface area (Å²) in [7, 11) is 0. The van der Waals surface area contributed by atoms with Gasteiger partial charge in [0, 0.05) is 11.1 Å². The topological polar surface area (TPSA) is 95.6 Å². The molecule has 0 aromatic rings. The molecule has 2 N–H and O–H groups in total. The van der Waals surface area contributed by atoms with Crippen molar-refractivity contribution in [3.8, 4) is 0 Å². The molecule has 0 radical (unpaired) electrons. The predicted molar refractivity (Wildman–Crippen MR) is 72.3 cm³/mol. The number of carbonyl (C=O) groups is 4. The molecule has 0 aromatic heterocycles. The van der Waals surface area contributed by atoms with Gasteiger partial charge >= 0.3 is 6.03 Å². The highest BCUT2D eigenvalue weighted by atomic mass is 32.1. The Labute approximate surface area is 119 Å². The summed E-state index contributed by atoms with van der Waals surface area (Å²) >= 11 is 5.03. The van der Waals surface area contributed by atoms with Gasteiger partial charge in [-0.3, -0.25) is 29.9 Å². The fourth-order valence-corrected chi connectivity index (χ4v) is 2.18. The van der Waals surface area contributed by atoms with E-state index in [-0.39, 0.29) is 16.1 Å². The lowest BCUT2D eigenvalue weighted by Gasteiger charge is -2.27. The molecular formula is C12H9N3O4S. The Bertz CT molecular complexity index is 615. The fraction of sp³-hybridized carbons (Fsp3) is 0.0833. The Morgan fingerprint density at radius 1 is 1.15 bits per heavy atom. The van der Waals surface area contributed by atoms with Gasteiger partial charge in [0.2, 0.25) is 0 Å². The van der Waals surface area contributed by atoms with Crippen molar-refractivity contribution in [2.75, 3.05) is 0 Å². The van der Waals surface area contributed by atoms with Crippen molar-refractivity contribution in [2.24, 2.45) is 0 Å². The van der Waals surface area contributed by atoms with E-state index < -0.39 is 29.8 Å². The van der Waals surface area contributed by atoms with E-state index in [2.05, 4.69) is 13.2 Å². The first-order chi connectivity index (χ1) is 9.38. The second kappa shape index (κ2) is 4.82. The summed E-state index contributed by atoms with van der Waals surface area (Å²) in [6, 6.07) is -2.46.